The summed E-state index contributed by atoms with van der Waals surface area (Å²) >= 11 is 3.84. The highest BCUT2D eigenvalue weighted by atomic mass is 32.2. The second kappa shape index (κ2) is 7.83. The third-order valence-electron chi connectivity index (χ3n) is 4.01. The van der Waals surface area contributed by atoms with Crippen molar-refractivity contribution in [3.63, 3.8) is 0 Å². The van der Waals surface area contributed by atoms with Crippen LogP contribution in [0.4, 0.5) is 5.69 Å². The average Bonchev–Trinajstić information content (AvgIpc) is 3.21. The summed E-state index contributed by atoms with van der Waals surface area (Å²) in [4.78, 5) is 43.2. The molecule has 0 aromatic carbocycles. The van der Waals surface area contributed by atoms with Crippen molar-refractivity contribution in [2.45, 2.75) is 19.0 Å². The summed E-state index contributed by atoms with van der Waals surface area (Å²) in [6, 6.07) is 1.65. The quantitative estimate of drug-likeness (QED) is 0.385. The van der Waals surface area contributed by atoms with Crippen molar-refractivity contribution in [3.05, 3.63) is 37.1 Å². The molecule has 3 rings (SSSR count). The first kappa shape index (κ1) is 19.6. The molecule has 0 unspecified atom stereocenters. The Hall–Kier alpha value is -2.17. The second-order valence-corrected chi connectivity index (χ2v) is 8.78. The van der Waals surface area contributed by atoms with Gasteiger partial charge in [0.25, 0.3) is 5.56 Å². The second-order valence-electron chi connectivity index (χ2n) is 5.71. The minimum absolute atomic E-state index is 0.0611. The topological polar surface area (TPSA) is 90.3 Å². The molecule has 0 aliphatic carbocycles. The maximum atomic E-state index is 12.6. The first-order valence-corrected chi connectivity index (χ1v) is 10.6. The van der Waals surface area contributed by atoms with E-state index in [2.05, 4.69) is 10.3 Å². The molecule has 10 heteroatoms. The first-order valence-electron chi connectivity index (χ1n) is 7.88. The standard InChI is InChI=1S/C17H17N3O4S3/c1-8-9(2)27-14-12(8)15(22)20(3)17(19-14)26-7-11(21)18-10-5-6-25-13(10)16(23)24-4/h5-6H,7H2,1-4H3,(H,18,21). The first-order chi connectivity index (χ1) is 12.8. The predicted octanol–water partition coefficient (Wildman–Crippen LogP) is 3.19. The maximum Gasteiger partial charge on any atom is 0.350 e. The third-order valence-corrected chi connectivity index (χ3v) is 7.04. The van der Waals surface area contributed by atoms with Gasteiger partial charge < -0.3 is 10.1 Å². The van der Waals surface area contributed by atoms with Crippen LogP contribution in [0.1, 0.15) is 20.1 Å². The molecule has 3 aromatic rings. The number of anilines is 1. The van der Waals surface area contributed by atoms with Crippen LogP contribution < -0.4 is 10.9 Å². The van der Waals surface area contributed by atoms with E-state index in [9.17, 15) is 14.4 Å². The lowest BCUT2D eigenvalue weighted by molar-refractivity contribution is -0.113. The Bertz CT molecular complexity index is 1100. The van der Waals surface area contributed by atoms with E-state index >= 15 is 0 Å². The van der Waals surface area contributed by atoms with Crippen molar-refractivity contribution >= 4 is 62.2 Å². The molecule has 0 atom stereocenters. The Morgan fingerprint density at radius 2 is 2.11 bits per heavy atom. The number of hydrogen-bond donors (Lipinski definition) is 1. The number of methoxy groups -OCH3 is 1. The zero-order chi connectivity index (χ0) is 19.7. The van der Waals surface area contributed by atoms with Crippen LogP contribution >= 0.6 is 34.4 Å². The fourth-order valence-electron chi connectivity index (χ4n) is 2.46. The number of ether oxygens (including phenoxy) is 1. The Kier molecular flexibility index (Phi) is 5.68. The predicted molar refractivity (Wildman–Crippen MR) is 109 cm³/mol. The number of aryl methyl sites for hydroxylation is 2. The van der Waals surface area contributed by atoms with Crippen molar-refractivity contribution in [2.24, 2.45) is 7.05 Å². The molecular weight excluding hydrogens is 406 g/mol. The van der Waals surface area contributed by atoms with E-state index in [0.717, 1.165) is 10.4 Å². The molecule has 27 heavy (non-hydrogen) atoms. The molecule has 142 valence electrons. The summed E-state index contributed by atoms with van der Waals surface area (Å²) in [7, 11) is 2.94. The number of esters is 1. The van der Waals surface area contributed by atoms with Gasteiger partial charge in [0.2, 0.25) is 5.91 Å². The molecule has 1 amide bonds. The monoisotopic (exact) mass is 423 g/mol. The van der Waals surface area contributed by atoms with E-state index in [-0.39, 0.29) is 17.2 Å². The fourth-order valence-corrected chi connectivity index (χ4v) is 5.07. The van der Waals surface area contributed by atoms with E-state index in [0.29, 0.717) is 25.9 Å². The lowest BCUT2D eigenvalue weighted by Crippen LogP contribution is -2.21. The summed E-state index contributed by atoms with van der Waals surface area (Å²) in [5.74, 6) is -0.728. The van der Waals surface area contributed by atoms with Crippen LogP contribution in [0.2, 0.25) is 0 Å². The molecule has 0 saturated heterocycles. The minimum atomic E-state index is -0.495. The van der Waals surface area contributed by atoms with Gasteiger partial charge in [-0.3, -0.25) is 14.2 Å². The van der Waals surface area contributed by atoms with E-state index in [1.165, 1.54) is 46.1 Å². The van der Waals surface area contributed by atoms with Crippen LogP contribution in [0.3, 0.4) is 0 Å². The molecule has 0 spiro atoms. The number of thiophene rings is 2. The zero-order valence-corrected chi connectivity index (χ0v) is 17.6. The Labute approximate surface area is 167 Å². The number of hydrogen-bond acceptors (Lipinski definition) is 8. The molecule has 0 aliphatic rings. The highest BCUT2D eigenvalue weighted by Crippen LogP contribution is 2.28. The van der Waals surface area contributed by atoms with Gasteiger partial charge in [-0.05, 0) is 30.9 Å². The number of thioether (sulfide) groups is 1. The fraction of sp³-hybridized carbons (Fsp3) is 0.294. The summed E-state index contributed by atoms with van der Waals surface area (Å²) in [5, 5.41) is 5.51. The zero-order valence-electron chi connectivity index (χ0n) is 15.1. The van der Waals surface area contributed by atoms with Gasteiger partial charge in [-0.15, -0.1) is 22.7 Å². The van der Waals surface area contributed by atoms with Gasteiger partial charge in [-0.2, -0.15) is 0 Å². The smallest absolute Gasteiger partial charge is 0.350 e. The minimum Gasteiger partial charge on any atom is -0.465 e. The van der Waals surface area contributed by atoms with E-state index in [4.69, 9.17) is 4.74 Å². The molecule has 7 nitrogen and oxygen atoms in total. The molecule has 3 heterocycles. The number of rotatable bonds is 5. The molecule has 1 N–H and O–H groups in total. The SMILES string of the molecule is COC(=O)c1sccc1NC(=O)CSc1nc2sc(C)c(C)c2c(=O)n1C. The Morgan fingerprint density at radius 1 is 1.37 bits per heavy atom. The highest BCUT2D eigenvalue weighted by Gasteiger charge is 2.18. The summed E-state index contributed by atoms with van der Waals surface area (Å²) in [6.45, 7) is 3.87. The van der Waals surface area contributed by atoms with Gasteiger partial charge in [0.15, 0.2) is 5.16 Å². The van der Waals surface area contributed by atoms with Crippen LogP contribution in [-0.4, -0.2) is 34.3 Å². The normalized spacial score (nSPS) is 11.0. The van der Waals surface area contributed by atoms with Crippen molar-refractivity contribution in [2.75, 3.05) is 18.2 Å². The van der Waals surface area contributed by atoms with Crippen LogP contribution in [0.5, 0.6) is 0 Å². The van der Waals surface area contributed by atoms with Crippen LogP contribution in [0.25, 0.3) is 10.2 Å². The molecule has 0 radical (unpaired) electrons. The van der Waals surface area contributed by atoms with Gasteiger partial charge >= 0.3 is 5.97 Å². The van der Waals surface area contributed by atoms with Crippen LogP contribution in [0.15, 0.2) is 21.4 Å². The molecule has 0 aliphatic heterocycles. The van der Waals surface area contributed by atoms with E-state index < -0.39 is 5.97 Å². The van der Waals surface area contributed by atoms with Gasteiger partial charge in [0.1, 0.15) is 9.71 Å². The lowest BCUT2D eigenvalue weighted by Gasteiger charge is -2.08. The van der Waals surface area contributed by atoms with Crippen molar-refractivity contribution < 1.29 is 14.3 Å². The van der Waals surface area contributed by atoms with Crippen molar-refractivity contribution in [1.29, 1.82) is 0 Å². The summed E-state index contributed by atoms with van der Waals surface area (Å²) < 4.78 is 6.16. The van der Waals surface area contributed by atoms with E-state index in [1.807, 2.05) is 13.8 Å². The van der Waals surface area contributed by atoms with E-state index in [1.54, 1.807) is 18.5 Å². The van der Waals surface area contributed by atoms with Crippen molar-refractivity contribution in [1.82, 2.24) is 9.55 Å². The number of nitrogens with one attached hydrogen (secondary N) is 1. The lowest BCUT2D eigenvalue weighted by atomic mass is 10.2. The molecule has 0 bridgehead atoms. The number of fused-ring (bicyclic) bond motifs is 1. The number of amides is 1. The number of aromatic nitrogens is 2. The van der Waals surface area contributed by atoms with Gasteiger partial charge in [-0.25, -0.2) is 9.78 Å². The number of carbonyl (C=O) groups excluding carboxylic acids is 2. The molecule has 0 saturated carbocycles. The Morgan fingerprint density at radius 3 is 2.81 bits per heavy atom. The van der Waals surface area contributed by atoms with Gasteiger partial charge in [0.05, 0.1) is 23.9 Å². The molecule has 3 aromatic heterocycles. The summed E-state index contributed by atoms with van der Waals surface area (Å²) in [6.07, 6.45) is 0. The highest BCUT2D eigenvalue weighted by molar-refractivity contribution is 7.99. The van der Waals surface area contributed by atoms with Gasteiger partial charge in [0, 0.05) is 11.9 Å². The maximum absolute atomic E-state index is 12.6. The van der Waals surface area contributed by atoms with Crippen LogP contribution in [-0.2, 0) is 16.6 Å². The third kappa shape index (κ3) is 3.78. The largest absolute Gasteiger partial charge is 0.465 e. The summed E-state index contributed by atoms with van der Waals surface area (Å²) in [5.41, 5.74) is 1.25. The Balaban J connectivity index is 1.76. The average molecular weight is 424 g/mol. The van der Waals surface area contributed by atoms with Gasteiger partial charge in [-0.1, -0.05) is 11.8 Å². The molecular formula is C17H17N3O4S3. The number of nitrogens with zero attached hydrogens (tertiary/aromatic N) is 2. The van der Waals surface area contributed by atoms with Crippen LogP contribution in [0, 0.1) is 13.8 Å². The van der Waals surface area contributed by atoms with Crippen molar-refractivity contribution in [3.8, 4) is 0 Å². The number of carbonyl (C=O) groups is 2. The molecule has 0 fully saturated rings.